The van der Waals surface area contributed by atoms with Gasteiger partial charge in [-0.2, -0.15) is 8.78 Å². The van der Waals surface area contributed by atoms with Crippen LogP contribution in [0.15, 0.2) is 59.5 Å². The first-order valence-corrected chi connectivity index (χ1v) is 19.6. The molecule has 2 saturated carbocycles. The first-order valence-electron chi connectivity index (χ1n) is 18.4. The highest BCUT2D eigenvalue weighted by atomic mass is 35.5. The Labute approximate surface area is 315 Å². The van der Waals surface area contributed by atoms with E-state index >= 15 is 8.78 Å². The molecule has 1 unspecified atom stereocenters. The van der Waals surface area contributed by atoms with Crippen molar-refractivity contribution in [2.24, 2.45) is 0 Å². The van der Waals surface area contributed by atoms with Gasteiger partial charge in [0.1, 0.15) is 29.4 Å². The largest absolute Gasteiger partial charge is 0.490 e. The highest BCUT2D eigenvalue weighted by Gasteiger charge is 2.42. The maximum Gasteiger partial charge on any atom is 0.407 e. The van der Waals surface area contributed by atoms with Crippen molar-refractivity contribution in [1.29, 1.82) is 0 Å². The van der Waals surface area contributed by atoms with Gasteiger partial charge in [-0.05, 0) is 164 Å². The molecule has 284 valence electrons. The van der Waals surface area contributed by atoms with E-state index in [0.717, 1.165) is 97.8 Å². The standard InChI is InChI=1S/C29H30ClF2NO3S.C11H22N2O2/c30-26-14-11-21(17-27(26)36-23-7-3-4-8-23)29(31,32)28(18-34)33-37-25-13-10-19-15-24(12-9-20(19)16-25)35-22-5-1-2-6-22;1-11(2,3)15-10(14)12-9-5-7-13(4)8-6-9/h9-18,22-23,28,33H,1-8H2;9H,5-8H2,1-4H3,(H,12,14). The van der Waals surface area contributed by atoms with Crippen LogP contribution in [0.1, 0.15) is 90.5 Å². The number of nitrogens with zero attached hydrogens (tertiary/aromatic N) is 1. The molecular weight excluding hydrogens is 708 g/mol. The molecule has 2 aliphatic carbocycles. The number of alkyl carbamates (subject to hydrolysis) is 1. The summed E-state index contributed by atoms with van der Waals surface area (Å²) in [6.07, 6.45) is 10.7. The van der Waals surface area contributed by atoms with E-state index in [9.17, 15) is 9.59 Å². The van der Waals surface area contributed by atoms with Crippen molar-refractivity contribution in [3.8, 4) is 11.5 Å². The number of ether oxygens (including phenoxy) is 3. The highest BCUT2D eigenvalue weighted by Crippen LogP contribution is 2.39. The van der Waals surface area contributed by atoms with Gasteiger partial charge in [-0.25, -0.2) is 9.52 Å². The highest BCUT2D eigenvalue weighted by molar-refractivity contribution is 7.97. The lowest BCUT2D eigenvalue weighted by Gasteiger charge is -2.30. The number of hydrogen-bond acceptors (Lipinski definition) is 8. The Morgan fingerprint density at radius 2 is 1.50 bits per heavy atom. The second-order valence-corrected chi connectivity index (χ2v) is 16.4. The number of carbonyl (C=O) groups is 2. The normalized spacial score (nSPS) is 18.4. The molecule has 3 aromatic rings. The topological polar surface area (TPSA) is 89.1 Å². The fraction of sp³-hybridized carbons (Fsp3) is 0.550. The van der Waals surface area contributed by atoms with Crippen LogP contribution in [0.3, 0.4) is 0 Å². The maximum absolute atomic E-state index is 15.4. The molecule has 52 heavy (non-hydrogen) atoms. The molecule has 0 radical (unpaired) electrons. The Hall–Kier alpha value is -3.12. The van der Waals surface area contributed by atoms with E-state index in [1.54, 1.807) is 0 Å². The summed E-state index contributed by atoms with van der Waals surface area (Å²) in [6, 6.07) is 14.0. The fourth-order valence-electron chi connectivity index (χ4n) is 6.65. The van der Waals surface area contributed by atoms with Gasteiger partial charge in [-0.3, -0.25) is 0 Å². The van der Waals surface area contributed by atoms with Crippen LogP contribution in [-0.2, 0) is 15.5 Å². The van der Waals surface area contributed by atoms with E-state index in [0.29, 0.717) is 0 Å². The summed E-state index contributed by atoms with van der Waals surface area (Å²) in [5, 5.41) is 5.16. The molecule has 2 N–H and O–H groups in total. The average molecular weight is 760 g/mol. The molecule has 1 amide bonds. The monoisotopic (exact) mass is 759 g/mol. The molecule has 1 atom stereocenters. The van der Waals surface area contributed by atoms with E-state index in [2.05, 4.69) is 22.0 Å². The van der Waals surface area contributed by atoms with Gasteiger partial charge in [0, 0.05) is 16.5 Å². The number of fused-ring (bicyclic) bond motifs is 1. The summed E-state index contributed by atoms with van der Waals surface area (Å²) in [5.74, 6) is -2.39. The molecule has 0 aromatic heterocycles. The van der Waals surface area contributed by atoms with Crippen molar-refractivity contribution in [3.05, 3.63) is 65.2 Å². The van der Waals surface area contributed by atoms with Gasteiger partial charge in [0.15, 0.2) is 0 Å². The van der Waals surface area contributed by atoms with Crippen LogP contribution in [0.2, 0.25) is 5.02 Å². The molecule has 1 aliphatic heterocycles. The first-order chi connectivity index (χ1) is 24.8. The van der Waals surface area contributed by atoms with Gasteiger partial charge in [0.05, 0.1) is 17.2 Å². The molecule has 1 heterocycles. The molecule has 3 aliphatic rings. The smallest absolute Gasteiger partial charge is 0.407 e. The van der Waals surface area contributed by atoms with Crippen LogP contribution in [0.5, 0.6) is 11.5 Å². The van der Waals surface area contributed by atoms with Gasteiger partial charge in [0.25, 0.3) is 5.92 Å². The molecular formula is C40H52ClF2N3O5S. The molecule has 8 nitrogen and oxygen atoms in total. The Bertz CT molecular complexity index is 1640. The predicted octanol–water partition coefficient (Wildman–Crippen LogP) is 9.70. The number of hydrogen-bond donors (Lipinski definition) is 2. The molecule has 0 bridgehead atoms. The van der Waals surface area contributed by atoms with E-state index in [1.807, 2.05) is 57.2 Å². The number of amides is 1. The van der Waals surface area contributed by atoms with Crippen molar-refractivity contribution < 1.29 is 32.6 Å². The van der Waals surface area contributed by atoms with E-state index in [4.69, 9.17) is 25.8 Å². The van der Waals surface area contributed by atoms with E-state index in [-0.39, 0.29) is 47.0 Å². The summed E-state index contributed by atoms with van der Waals surface area (Å²) < 4.78 is 50.6. The van der Waals surface area contributed by atoms with Crippen LogP contribution in [0.4, 0.5) is 13.6 Å². The number of halogens is 3. The Balaban J connectivity index is 0.000000293. The predicted molar refractivity (Wildman–Crippen MR) is 204 cm³/mol. The average Bonchev–Trinajstić information content (AvgIpc) is 3.81. The summed E-state index contributed by atoms with van der Waals surface area (Å²) in [6.45, 7) is 7.71. The first kappa shape index (κ1) is 40.1. The van der Waals surface area contributed by atoms with E-state index in [1.165, 1.54) is 31.0 Å². The van der Waals surface area contributed by atoms with Gasteiger partial charge >= 0.3 is 6.09 Å². The SMILES string of the molecule is CN1CCC(NC(=O)OC(C)(C)C)CC1.O=CC(NSc1ccc2cc(OC3CCCC3)ccc2c1)C(F)(F)c1ccc(Cl)c(OC2CCCC2)c1. The Morgan fingerprint density at radius 3 is 2.13 bits per heavy atom. The summed E-state index contributed by atoms with van der Waals surface area (Å²) in [4.78, 5) is 26.2. The molecule has 0 spiro atoms. The van der Waals surface area contributed by atoms with Crippen molar-refractivity contribution in [2.45, 2.75) is 126 Å². The third-order valence-electron chi connectivity index (χ3n) is 9.57. The molecule has 3 aromatic carbocycles. The minimum atomic E-state index is -3.46. The number of aldehydes is 1. The van der Waals surface area contributed by atoms with Gasteiger partial charge in [-0.1, -0.05) is 29.8 Å². The summed E-state index contributed by atoms with van der Waals surface area (Å²) in [7, 11) is 2.10. The van der Waals surface area contributed by atoms with Crippen LogP contribution in [-0.4, -0.2) is 67.3 Å². The lowest BCUT2D eigenvalue weighted by atomic mass is 10.0. The zero-order chi connectivity index (χ0) is 37.3. The van der Waals surface area contributed by atoms with Gasteiger partial charge in [0.2, 0.25) is 0 Å². The van der Waals surface area contributed by atoms with Crippen molar-refractivity contribution in [3.63, 3.8) is 0 Å². The molecule has 6 rings (SSSR count). The van der Waals surface area contributed by atoms with Crippen LogP contribution in [0.25, 0.3) is 10.8 Å². The fourth-order valence-corrected chi connectivity index (χ4v) is 7.60. The summed E-state index contributed by atoms with van der Waals surface area (Å²) >= 11 is 7.22. The zero-order valence-corrected chi connectivity index (χ0v) is 32.2. The lowest BCUT2D eigenvalue weighted by molar-refractivity contribution is -0.119. The van der Waals surface area contributed by atoms with Crippen molar-refractivity contribution >= 4 is 46.7 Å². The second kappa shape index (κ2) is 18.3. The van der Waals surface area contributed by atoms with Crippen LogP contribution in [0, 0.1) is 0 Å². The molecule has 12 heteroatoms. The number of piperidine rings is 1. The number of benzene rings is 3. The maximum atomic E-state index is 15.4. The number of carbonyl (C=O) groups excluding carboxylic acids is 2. The van der Waals surface area contributed by atoms with Crippen molar-refractivity contribution in [2.75, 3.05) is 20.1 Å². The third-order valence-corrected chi connectivity index (χ3v) is 10.7. The second-order valence-electron chi connectivity index (χ2n) is 15.0. The third kappa shape index (κ3) is 11.7. The van der Waals surface area contributed by atoms with Gasteiger partial charge < -0.3 is 29.2 Å². The number of alkyl halides is 2. The van der Waals surface area contributed by atoms with Crippen LogP contribution >= 0.6 is 23.5 Å². The molecule has 3 fully saturated rings. The quantitative estimate of drug-likeness (QED) is 0.148. The summed E-state index contributed by atoms with van der Waals surface area (Å²) in [5.41, 5.74) is -0.723. The minimum absolute atomic E-state index is 0.0184. The minimum Gasteiger partial charge on any atom is -0.490 e. The molecule has 1 saturated heterocycles. The van der Waals surface area contributed by atoms with E-state index < -0.39 is 17.6 Å². The number of nitrogens with one attached hydrogen (secondary N) is 2. The number of rotatable bonds is 11. The Kier molecular flexibility index (Phi) is 14.1. The lowest BCUT2D eigenvalue weighted by Crippen LogP contribution is -2.45. The van der Waals surface area contributed by atoms with Gasteiger partial charge in [-0.15, -0.1) is 0 Å². The van der Waals surface area contributed by atoms with Crippen molar-refractivity contribution in [1.82, 2.24) is 14.9 Å². The number of likely N-dealkylation sites (tertiary alicyclic amines) is 1. The Morgan fingerprint density at radius 1 is 0.885 bits per heavy atom. The van der Waals surface area contributed by atoms with Crippen LogP contribution < -0.4 is 19.5 Å². The zero-order valence-electron chi connectivity index (χ0n) is 30.6.